The summed E-state index contributed by atoms with van der Waals surface area (Å²) in [6.07, 6.45) is 1.89. The molecule has 0 radical (unpaired) electrons. The first-order valence-corrected chi connectivity index (χ1v) is 5.77. The normalized spacial score (nSPS) is 10.4. The van der Waals surface area contributed by atoms with E-state index >= 15 is 0 Å². The number of aliphatic imine (C=N–C) groups is 1. The van der Waals surface area contributed by atoms with Gasteiger partial charge in [0.1, 0.15) is 0 Å². The van der Waals surface area contributed by atoms with Gasteiger partial charge in [0.05, 0.1) is 12.1 Å². The van der Waals surface area contributed by atoms with Crippen molar-refractivity contribution >= 4 is 23.5 Å². The fourth-order valence-corrected chi connectivity index (χ4v) is 1.48. The Hall–Kier alpha value is -2.42. The number of carbonyl (C=O) groups is 1. The van der Waals surface area contributed by atoms with Gasteiger partial charge >= 0.3 is 0 Å². The number of nitrogens with one attached hydrogen (secondary N) is 1. The third kappa shape index (κ3) is 3.87. The molecule has 0 aliphatic heterocycles. The fourth-order valence-electron chi connectivity index (χ4n) is 1.48. The van der Waals surface area contributed by atoms with Crippen molar-refractivity contribution in [2.24, 2.45) is 4.99 Å². The lowest BCUT2D eigenvalue weighted by Crippen LogP contribution is -2.11. The van der Waals surface area contributed by atoms with E-state index in [9.17, 15) is 4.79 Å². The fraction of sp³-hybridized carbons (Fsp3) is 0.0667. The number of amides is 1. The summed E-state index contributed by atoms with van der Waals surface area (Å²) in [4.78, 5) is 15.8. The summed E-state index contributed by atoms with van der Waals surface area (Å²) in [5, 5.41) is 2.80. The van der Waals surface area contributed by atoms with Gasteiger partial charge in [0.25, 0.3) is 0 Å². The predicted molar refractivity (Wildman–Crippen MR) is 74.3 cm³/mol. The second-order valence-corrected chi connectivity index (χ2v) is 3.77. The van der Waals surface area contributed by atoms with Gasteiger partial charge in [-0.2, -0.15) is 0 Å². The molecule has 2 aromatic carbocycles. The Morgan fingerprint density at radius 3 is 2.28 bits per heavy atom. The first-order chi connectivity index (χ1) is 8.84. The Morgan fingerprint density at radius 2 is 1.61 bits per heavy atom. The second kappa shape index (κ2) is 6.35. The van der Waals surface area contributed by atoms with Crippen LogP contribution in [-0.2, 0) is 4.79 Å². The molecule has 2 rings (SSSR count). The second-order valence-electron chi connectivity index (χ2n) is 3.77. The van der Waals surface area contributed by atoms with Gasteiger partial charge in [-0.3, -0.25) is 9.79 Å². The van der Waals surface area contributed by atoms with Crippen LogP contribution in [0.5, 0.6) is 0 Å². The minimum atomic E-state index is -0.0686. The predicted octanol–water partition coefficient (Wildman–Crippen LogP) is 3.42. The number of hydrogen-bond acceptors (Lipinski definition) is 2. The molecule has 0 atom stereocenters. The zero-order valence-corrected chi connectivity index (χ0v) is 9.91. The quantitative estimate of drug-likeness (QED) is 0.815. The van der Waals surface area contributed by atoms with Gasteiger partial charge in [-0.25, -0.2) is 0 Å². The maximum atomic E-state index is 11.6. The lowest BCUT2D eigenvalue weighted by Gasteiger charge is -2.01. The lowest BCUT2D eigenvalue weighted by molar-refractivity contribution is -0.115. The number of hydrogen-bond donors (Lipinski definition) is 1. The topological polar surface area (TPSA) is 41.5 Å². The van der Waals surface area contributed by atoms with Crippen LogP contribution in [0.4, 0.5) is 11.4 Å². The molecule has 0 saturated carbocycles. The van der Waals surface area contributed by atoms with Gasteiger partial charge in [-0.05, 0) is 24.3 Å². The molecule has 0 aliphatic carbocycles. The smallest absolute Gasteiger partial charge is 0.229 e. The van der Waals surface area contributed by atoms with Crippen LogP contribution in [0, 0.1) is 0 Å². The largest absolute Gasteiger partial charge is 0.326 e. The summed E-state index contributed by atoms with van der Waals surface area (Å²) in [5.41, 5.74) is 1.65. The van der Waals surface area contributed by atoms with Gasteiger partial charge < -0.3 is 5.32 Å². The third-order valence-corrected chi connectivity index (χ3v) is 2.33. The molecular weight excluding hydrogens is 224 g/mol. The molecule has 0 saturated heterocycles. The highest BCUT2D eigenvalue weighted by Gasteiger charge is 1.98. The van der Waals surface area contributed by atoms with Crippen molar-refractivity contribution in [3.8, 4) is 0 Å². The summed E-state index contributed by atoms with van der Waals surface area (Å²) in [6.45, 7) is 0. The van der Waals surface area contributed by atoms with Crippen LogP contribution in [0.2, 0.25) is 0 Å². The Kier molecular flexibility index (Phi) is 4.25. The van der Waals surface area contributed by atoms with Crippen molar-refractivity contribution < 1.29 is 4.79 Å². The molecule has 0 fully saturated rings. The van der Waals surface area contributed by atoms with E-state index in [0.717, 1.165) is 11.4 Å². The van der Waals surface area contributed by atoms with Crippen LogP contribution < -0.4 is 5.32 Å². The zero-order chi connectivity index (χ0) is 12.6. The van der Waals surface area contributed by atoms with Crippen LogP contribution in [0.3, 0.4) is 0 Å². The molecule has 90 valence electrons. The number of nitrogens with zero attached hydrogens (tertiary/aromatic N) is 1. The molecule has 0 bridgehead atoms. The highest BCUT2D eigenvalue weighted by atomic mass is 16.1. The Labute approximate surface area is 106 Å². The van der Waals surface area contributed by atoms with Crippen LogP contribution in [0.1, 0.15) is 6.42 Å². The maximum Gasteiger partial charge on any atom is 0.229 e. The number of rotatable bonds is 4. The number of para-hydroxylation sites is 2. The van der Waals surface area contributed by atoms with Gasteiger partial charge in [0, 0.05) is 11.9 Å². The minimum absolute atomic E-state index is 0.0686. The molecule has 0 spiro atoms. The lowest BCUT2D eigenvalue weighted by atomic mass is 10.3. The molecule has 3 heteroatoms. The highest BCUT2D eigenvalue weighted by molar-refractivity contribution is 5.99. The third-order valence-electron chi connectivity index (χ3n) is 2.33. The average Bonchev–Trinajstić information content (AvgIpc) is 2.41. The van der Waals surface area contributed by atoms with Crippen molar-refractivity contribution in [2.45, 2.75) is 6.42 Å². The SMILES string of the molecule is O=C(CC=Nc1ccccc1)Nc1ccccc1. The van der Waals surface area contributed by atoms with Crippen LogP contribution >= 0.6 is 0 Å². The van der Waals surface area contributed by atoms with E-state index in [4.69, 9.17) is 0 Å². The first-order valence-electron chi connectivity index (χ1n) is 5.77. The Morgan fingerprint density at radius 1 is 1.00 bits per heavy atom. The zero-order valence-electron chi connectivity index (χ0n) is 9.91. The molecule has 2 aromatic rings. The molecule has 1 N–H and O–H groups in total. The molecule has 1 amide bonds. The molecule has 3 nitrogen and oxygen atoms in total. The van der Waals surface area contributed by atoms with Crippen molar-refractivity contribution in [2.75, 3.05) is 5.32 Å². The van der Waals surface area contributed by atoms with Crippen molar-refractivity contribution in [1.29, 1.82) is 0 Å². The number of anilines is 1. The number of carbonyl (C=O) groups excluding carboxylic acids is 1. The molecule has 0 aliphatic rings. The number of benzene rings is 2. The van der Waals surface area contributed by atoms with Gasteiger partial charge in [0.15, 0.2) is 0 Å². The van der Waals surface area contributed by atoms with Crippen molar-refractivity contribution in [3.63, 3.8) is 0 Å². The summed E-state index contributed by atoms with van der Waals surface area (Å²) >= 11 is 0. The van der Waals surface area contributed by atoms with E-state index in [1.165, 1.54) is 0 Å². The Bertz CT molecular complexity index is 521. The monoisotopic (exact) mass is 238 g/mol. The standard InChI is InChI=1S/C15H14N2O/c18-15(17-14-9-5-2-6-10-14)11-12-16-13-7-3-1-4-8-13/h1-10,12H,11H2,(H,17,18). The first kappa shape index (κ1) is 12.0. The summed E-state index contributed by atoms with van der Waals surface area (Å²) in [7, 11) is 0. The van der Waals surface area contributed by atoms with Crippen LogP contribution in [0.15, 0.2) is 65.7 Å². The van der Waals surface area contributed by atoms with E-state index in [-0.39, 0.29) is 12.3 Å². The van der Waals surface area contributed by atoms with Crippen LogP contribution in [-0.4, -0.2) is 12.1 Å². The highest BCUT2D eigenvalue weighted by Crippen LogP contribution is 2.09. The van der Waals surface area contributed by atoms with Gasteiger partial charge in [0.2, 0.25) is 5.91 Å². The van der Waals surface area contributed by atoms with Crippen molar-refractivity contribution in [1.82, 2.24) is 0 Å². The van der Waals surface area contributed by atoms with Gasteiger partial charge in [-0.1, -0.05) is 36.4 Å². The molecule has 0 aromatic heterocycles. The van der Waals surface area contributed by atoms with E-state index < -0.39 is 0 Å². The van der Waals surface area contributed by atoms with E-state index in [0.29, 0.717) is 0 Å². The summed E-state index contributed by atoms with van der Waals surface area (Å²) in [6, 6.07) is 18.9. The summed E-state index contributed by atoms with van der Waals surface area (Å²) in [5.74, 6) is -0.0686. The van der Waals surface area contributed by atoms with E-state index in [1.807, 2.05) is 60.7 Å². The van der Waals surface area contributed by atoms with E-state index in [2.05, 4.69) is 10.3 Å². The molecule has 18 heavy (non-hydrogen) atoms. The molecule has 0 heterocycles. The average molecular weight is 238 g/mol. The minimum Gasteiger partial charge on any atom is -0.326 e. The summed E-state index contributed by atoms with van der Waals surface area (Å²) < 4.78 is 0. The van der Waals surface area contributed by atoms with Crippen LogP contribution in [0.25, 0.3) is 0 Å². The van der Waals surface area contributed by atoms with Crippen molar-refractivity contribution in [3.05, 3.63) is 60.7 Å². The Balaban J connectivity index is 1.84. The molecule has 0 unspecified atom stereocenters. The molecular formula is C15H14N2O. The maximum absolute atomic E-state index is 11.6. The van der Waals surface area contributed by atoms with Gasteiger partial charge in [-0.15, -0.1) is 0 Å². The van der Waals surface area contributed by atoms with E-state index in [1.54, 1.807) is 6.21 Å².